The Bertz CT molecular complexity index is 671. The molecule has 1 unspecified atom stereocenters. The summed E-state index contributed by atoms with van der Waals surface area (Å²) in [6.07, 6.45) is 3.07. The number of aromatic nitrogens is 1. The Balaban J connectivity index is 1.87. The fraction of sp³-hybridized carbons (Fsp3) is 0.462. The van der Waals surface area contributed by atoms with Gasteiger partial charge >= 0.3 is 5.97 Å². The molecule has 1 aliphatic heterocycles. The predicted molar refractivity (Wildman–Crippen MR) is 78.1 cm³/mol. The van der Waals surface area contributed by atoms with Crippen LogP contribution in [0.15, 0.2) is 18.3 Å². The van der Waals surface area contributed by atoms with Crippen LogP contribution >= 0.6 is 0 Å². The van der Waals surface area contributed by atoms with Crippen LogP contribution in [-0.2, 0) is 10.0 Å². The van der Waals surface area contributed by atoms with Crippen molar-refractivity contribution in [1.29, 1.82) is 0 Å². The molecular formula is C13H17N3O5S. The van der Waals surface area contributed by atoms with Crippen molar-refractivity contribution >= 4 is 21.9 Å². The Kier molecular flexibility index (Phi) is 4.77. The van der Waals surface area contributed by atoms with Crippen molar-refractivity contribution in [2.45, 2.75) is 6.42 Å². The summed E-state index contributed by atoms with van der Waals surface area (Å²) >= 11 is 0. The van der Waals surface area contributed by atoms with Gasteiger partial charge in [0.2, 0.25) is 10.0 Å². The maximum Gasteiger partial charge on any atom is 0.354 e. The molecule has 0 radical (unpaired) electrons. The zero-order valence-corrected chi connectivity index (χ0v) is 12.8. The fourth-order valence-electron chi connectivity index (χ4n) is 2.26. The van der Waals surface area contributed by atoms with Gasteiger partial charge in [0, 0.05) is 25.8 Å². The van der Waals surface area contributed by atoms with E-state index in [4.69, 9.17) is 5.11 Å². The first-order chi connectivity index (χ1) is 10.3. The summed E-state index contributed by atoms with van der Waals surface area (Å²) in [4.78, 5) is 26.3. The molecule has 8 nitrogen and oxygen atoms in total. The predicted octanol–water partition coefficient (Wildman–Crippen LogP) is -0.209. The number of carboxylic acids is 1. The molecule has 1 atom stereocenters. The average Bonchev–Trinajstić information content (AvgIpc) is 2.94. The van der Waals surface area contributed by atoms with Gasteiger partial charge < -0.3 is 10.4 Å². The van der Waals surface area contributed by atoms with Gasteiger partial charge in [-0.2, -0.15) is 0 Å². The van der Waals surface area contributed by atoms with Gasteiger partial charge in [0.1, 0.15) is 5.69 Å². The van der Waals surface area contributed by atoms with Crippen molar-refractivity contribution in [3.8, 4) is 0 Å². The first-order valence-corrected chi connectivity index (χ1v) is 8.55. The number of nitrogens with one attached hydrogen (secondary N) is 1. The van der Waals surface area contributed by atoms with Crippen LogP contribution in [0, 0.1) is 5.92 Å². The highest BCUT2D eigenvalue weighted by atomic mass is 32.2. The monoisotopic (exact) mass is 327 g/mol. The number of sulfonamides is 1. The van der Waals surface area contributed by atoms with Crippen molar-refractivity contribution in [2.75, 3.05) is 25.9 Å². The molecule has 2 N–H and O–H groups in total. The Labute approximate surface area is 128 Å². The van der Waals surface area contributed by atoms with Gasteiger partial charge in [-0.1, -0.05) is 0 Å². The van der Waals surface area contributed by atoms with Crippen molar-refractivity contribution in [1.82, 2.24) is 14.6 Å². The first kappa shape index (κ1) is 16.4. The van der Waals surface area contributed by atoms with E-state index in [0.717, 1.165) is 0 Å². The van der Waals surface area contributed by atoms with Gasteiger partial charge in [-0.25, -0.2) is 22.5 Å². The molecule has 1 aromatic rings. The molecule has 120 valence electrons. The van der Waals surface area contributed by atoms with E-state index in [9.17, 15) is 18.0 Å². The van der Waals surface area contributed by atoms with Crippen molar-refractivity contribution in [3.63, 3.8) is 0 Å². The maximum atomic E-state index is 11.9. The Morgan fingerprint density at radius 2 is 2.18 bits per heavy atom. The van der Waals surface area contributed by atoms with E-state index in [1.54, 1.807) is 0 Å². The van der Waals surface area contributed by atoms with Crippen LogP contribution in [0.1, 0.15) is 27.3 Å². The lowest BCUT2D eigenvalue weighted by Gasteiger charge is -2.13. The lowest BCUT2D eigenvalue weighted by atomic mass is 10.1. The molecule has 0 aliphatic carbocycles. The topological polar surface area (TPSA) is 117 Å². The molecule has 1 amide bonds. The summed E-state index contributed by atoms with van der Waals surface area (Å²) in [6.45, 7) is 1.23. The van der Waals surface area contributed by atoms with Crippen LogP contribution < -0.4 is 5.32 Å². The SMILES string of the molecule is CS(=O)(=O)N1CCC(CNC(=O)c2ccc(C(=O)O)nc2)C1. The number of hydrogen-bond donors (Lipinski definition) is 2. The van der Waals surface area contributed by atoms with E-state index in [1.165, 1.54) is 28.9 Å². The molecule has 1 fully saturated rings. The second-order valence-electron chi connectivity index (χ2n) is 5.22. The quantitative estimate of drug-likeness (QED) is 0.773. The van der Waals surface area contributed by atoms with Gasteiger partial charge in [0.05, 0.1) is 11.8 Å². The summed E-state index contributed by atoms with van der Waals surface area (Å²) in [5.41, 5.74) is 0.138. The van der Waals surface area contributed by atoms with Crippen LogP contribution in [-0.4, -0.2) is 60.6 Å². The van der Waals surface area contributed by atoms with E-state index in [-0.39, 0.29) is 23.1 Å². The third-order valence-electron chi connectivity index (χ3n) is 3.51. The molecule has 1 aromatic heterocycles. The summed E-state index contributed by atoms with van der Waals surface area (Å²) < 4.78 is 24.2. The first-order valence-electron chi connectivity index (χ1n) is 6.70. The van der Waals surface area contributed by atoms with E-state index in [0.29, 0.717) is 26.1 Å². The summed E-state index contributed by atoms with van der Waals surface area (Å²) in [5.74, 6) is -1.44. The summed E-state index contributed by atoms with van der Waals surface area (Å²) in [5, 5.41) is 11.4. The Hall–Kier alpha value is -2.00. The van der Waals surface area contributed by atoms with E-state index in [2.05, 4.69) is 10.3 Å². The minimum absolute atomic E-state index is 0.0740. The number of carboxylic acid groups (broad SMARTS) is 1. The van der Waals surface area contributed by atoms with Crippen LogP contribution in [0.2, 0.25) is 0 Å². The molecule has 2 heterocycles. The smallest absolute Gasteiger partial charge is 0.354 e. The molecule has 0 aromatic carbocycles. The lowest BCUT2D eigenvalue weighted by Crippen LogP contribution is -2.32. The normalized spacial score (nSPS) is 19.0. The molecule has 1 saturated heterocycles. The number of amides is 1. The maximum absolute atomic E-state index is 11.9. The number of hydrogen-bond acceptors (Lipinski definition) is 5. The second kappa shape index (κ2) is 6.41. The standard InChI is InChI=1S/C13H17N3O5S/c1-22(20,21)16-5-4-9(8-16)6-15-12(17)10-2-3-11(13(18)19)14-7-10/h2-3,7,9H,4-6,8H2,1H3,(H,15,17)(H,18,19). The van der Waals surface area contributed by atoms with Crippen molar-refractivity contribution in [3.05, 3.63) is 29.6 Å². The highest BCUT2D eigenvalue weighted by molar-refractivity contribution is 7.88. The van der Waals surface area contributed by atoms with Gasteiger partial charge in [-0.15, -0.1) is 0 Å². The summed E-state index contributed by atoms with van der Waals surface area (Å²) in [7, 11) is -3.18. The lowest BCUT2D eigenvalue weighted by molar-refractivity contribution is 0.0689. The molecule has 9 heteroatoms. The molecule has 0 spiro atoms. The average molecular weight is 327 g/mol. The zero-order valence-electron chi connectivity index (χ0n) is 12.0. The van der Waals surface area contributed by atoms with Gasteiger partial charge in [-0.3, -0.25) is 4.79 Å². The number of rotatable bonds is 5. The van der Waals surface area contributed by atoms with E-state index in [1.807, 2.05) is 0 Å². The number of carbonyl (C=O) groups is 2. The second-order valence-corrected chi connectivity index (χ2v) is 7.21. The van der Waals surface area contributed by atoms with Crippen LogP contribution in [0.5, 0.6) is 0 Å². The number of aromatic carboxylic acids is 1. The third kappa shape index (κ3) is 4.01. The van der Waals surface area contributed by atoms with Crippen molar-refractivity contribution < 1.29 is 23.1 Å². The van der Waals surface area contributed by atoms with Gasteiger partial charge in [0.15, 0.2) is 0 Å². The zero-order chi connectivity index (χ0) is 16.3. The fourth-order valence-corrected chi connectivity index (χ4v) is 3.18. The number of carbonyl (C=O) groups excluding carboxylic acids is 1. The van der Waals surface area contributed by atoms with Gasteiger partial charge in [0.25, 0.3) is 5.91 Å². The minimum atomic E-state index is -3.18. The highest BCUT2D eigenvalue weighted by Gasteiger charge is 2.28. The molecule has 1 aliphatic rings. The van der Waals surface area contributed by atoms with E-state index >= 15 is 0 Å². The molecular weight excluding hydrogens is 310 g/mol. The number of pyridine rings is 1. The van der Waals surface area contributed by atoms with Crippen LogP contribution in [0.25, 0.3) is 0 Å². The summed E-state index contributed by atoms with van der Waals surface area (Å²) in [6, 6.07) is 2.65. The van der Waals surface area contributed by atoms with Gasteiger partial charge in [-0.05, 0) is 24.5 Å². The minimum Gasteiger partial charge on any atom is -0.477 e. The largest absolute Gasteiger partial charge is 0.477 e. The Morgan fingerprint density at radius 1 is 1.45 bits per heavy atom. The number of nitrogens with zero attached hydrogens (tertiary/aromatic N) is 2. The highest BCUT2D eigenvalue weighted by Crippen LogP contribution is 2.18. The molecule has 0 bridgehead atoms. The van der Waals surface area contributed by atoms with Crippen LogP contribution in [0.3, 0.4) is 0 Å². The molecule has 0 saturated carbocycles. The Morgan fingerprint density at radius 3 is 2.68 bits per heavy atom. The van der Waals surface area contributed by atoms with E-state index < -0.39 is 16.0 Å². The molecule has 2 rings (SSSR count). The van der Waals surface area contributed by atoms with Crippen LogP contribution in [0.4, 0.5) is 0 Å². The third-order valence-corrected chi connectivity index (χ3v) is 4.78. The molecule has 22 heavy (non-hydrogen) atoms. The van der Waals surface area contributed by atoms with Crippen molar-refractivity contribution in [2.24, 2.45) is 5.92 Å².